The Bertz CT molecular complexity index is 1630. The molecule has 1 amide bonds. The molecule has 0 spiro atoms. The van der Waals surface area contributed by atoms with Gasteiger partial charge in [0.2, 0.25) is 5.95 Å². The number of aryl methyl sites for hydroxylation is 1. The van der Waals surface area contributed by atoms with E-state index in [0.29, 0.717) is 34.5 Å². The molecule has 3 aromatic heterocycles. The van der Waals surface area contributed by atoms with Crippen molar-refractivity contribution in [1.82, 2.24) is 29.2 Å². The summed E-state index contributed by atoms with van der Waals surface area (Å²) in [5.41, 5.74) is 1.75. The van der Waals surface area contributed by atoms with Gasteiger partial charge in [-0.3, -0.25) is 14.0 Å². The number of halogens is 2. The van der Waals surface area contributed by atoms with Gasteiger partial charge in [-0.1, -0.05) is 17.7 Å². The zero-order valence-electron chi connectivity index (χ0n) is 20.1. The van der Waals surface area contributed by atoms with Gasteiger partial charge in [-0.2, -0.15) is 10.1 Å². The first kappa shape index (κ1) is 23.7. The second kappa shape index (κ2) is 8.45. The van der Waals surface area contributed by atoms with E-state index in [9.17, 15) is 14.7 Å². The lowest BCUT2D eigenvalue weighted by atomic mass is 9.95. The van der Waals surface area contributed by atoms with Crippen molar-refractivity contribution in [2.24, 2.45) is 14.1 Å². The Balaban J connectivity index is 1.50. The molecule has 2 saturated heterocycles. The molecule has 0 saturated carbocycles. The standard InChI is InChI=1S/C24H25ClFN7O4/c1-30-8-14-15(29-30)5-4-12(19(14)25)13-9-32(10-34)21-18(13)22(35)31(2)23(28-21)33-11-3-6-17(33)20(26)16(7-11)27-24(36)37/h4-5,8-9,11,16-17,20,27,34H,3,6-7,10H2,1-2H3,(H,36,37)/t11-,16-,17+,20-/m1/s1. The molecule has 13 heteroatoms. The summed E-state index contributed by atoms with van der Waals surface area (Å²) in [7, 11) is 3.38. The van der Waals surface area contributed by atoms with Gasteiger partial charge in [0.1, 0.15) is 12.9 Å². The number of carbonyl (C=O) groups is 1. The van der Waals surface area contributed by atoms with Crippen molar-refractivity contribution in [2.75, 3.05) is 4.90 Å². The maximum atomic E-state index is 15.4. The van der Waals surface area contributed by atoms with Crippen LogP contribution in [0.15, 0.2) is 29.3 Å². The highest BCUT2D eigenvalue weighted by molar-refractivity contribution is 6.38. The number of aliphatic hydroxyl groups excluding tert-OH is 1. The highest BCUT2D eigenvalue weighted by Crippen LogP contribution is 2.41. The molecule has 1 aromatic carbocycles. The van der Waals surface area contributed by atoms with E-state index in [1.165, 1.54) is 9.13 Å². The Morgan fingerprint density at radius 3 is 2.76 bits per heavy atom. The number of aromatic nitrogens is 5. The van der Waals surface area contributed by atoms with Crippen LogP contribution in [0.5, 0.6) is 0 Å². The second-order valence-electron chi connectivity index (χ2n) is 9.73. The zero-order valence-corrected chi connectivity index (χ0v) is 20.9. The second-order valence-corrected chi connectivity index (χ2v) is 10.1. The molecule has 2 bridgehead atoms. The number of nitrogens with one attached hydrogen (secondary N) is 1. The molecular formula is C24H25ClFN7O4. The number of aliphatic hydroxyl groups is 1. The van der Waals surface area contributed by atoms with Crippen LogP contribution >= 0.6 is 11.6 Å². The minimum Gasteiger partial charge on any atom is -0.465 e. The number of hydrogen-bond donors (Lipinski definition) is 3. The smallest absolute Gasteiger partial charge is 0.404 e. The molecule has 0 aliphatic carbocycles. The van der Waals surface area contributed by atoms with Gasteiger partial charge in [0.05, 0.1) is 28.0 Å². The van der Waals surface area contributed by atoms with Crippen molar-refractivity contribution in [1.29, 1.82) is 0 Å². The fraction of sp³-hybridized carbons (Fsp3) is 0.417. The highest BCUT2D eigenvalue weighted by atomic mass is 35.5. The number of amides is 1. The molecule has 5 heterocycles. The number of anilines is 1. The van der Waals surface area contributed by atoms with Crippen LogP contribution in [0.2, 0.25) is 5.02 Å². The first-order valence-electron chi connectivity index (χ1n) is 11.9. The highest BCUT2D eigenvalue weighted by Gasteiger charge is 2.49. The van der Waals surface area contributed by atoms with Crippen molar-refractivity contribution in [3.63, 3.8) is 0 Å². The lowest BCUT2D eigenvalue weighted by Crippen LogP contribution is -2.59. The first-order valence-corrected chi connectivity index (χ1v) is 12.3. The predicted octanol–water partition coefficient (Wildman–Crippen LogP) is 2.61. The summed E-state index contributed by atoms with van der Waals surface area (Å²) in [6, 6.07) is 1.99. The molecule has 2 aliphatic rings. The van der Waals surface area contributed by atoms with E-state index in [4.69, 9.17) is 21.7 Å². The summed E-state index contributed by atoms with van der Waals surface area (Å²) in [6.45, 7) is -0.425. The molecule has 2 fully saturated rings. The minimum atomic E-state index is -1.45. The Labute approximate surface area is 214 Å². The maximum absolute atomic E-state index is 15.4. The third kappa shape index (κ3) is 3.50. The average molecular weight is 530 g/mol. The minimum absolute atomic E-state index is 0.177. The van der Waals surface area contributed by atoms with Crippen LogP contribution in [0.3, 0.4) is 0 Å². The van der Waals surface area contributed by atoms with Crippen molar-refractivity contribution >= 4 is 45.6 Å². The van der Waals surface area contributed by atoms with E-state index in [1.54, 1.807) is 42.1 Å². The van der Waals surface area contributed by atoms with E-state index in [1.807, 2.05) is 6.07 Å². The number of carboxylic acid groups (broad SMARTS) is 1. The maximum Gasteiger partial charge on any atom is 0.404 e. The Morgan fingerprint density at radius 1 is 1.24 bits per heavy atom. The van der Waals surface area contributed by atoms with Crippen LogP contribution in [0.4, 0.5) is 15.1 Å². The third-order valence-corrected chi connectivity index (χ3v) is 8.03. The molecule has 4 aromatic rings. The average Bonchev–Trinajstić information content (AvgIpc) is 3.52. The molecule has 0 radical (unpaired) electrons. The molecule has 0 unspecified atom stereocenters. The predicted molar refractivity (Wildman–Crippen MR) is 136 cm³/mol. The molecule has 194 valence electrons. The van der Waals surface area contributed by atoms with Crippen LogP contribution < -0.4 is 15.8 Å². The van der Waals surface area contributed by atoms with E-state index >= 15 is 4.39 Å². The molecule has 11 nitrogen and oxygen atoms in total. The number of hydrogen-bond acceptors (Lipinski definition) is 6. The van der Waals surface area contributed by atoms with Crippen molar-refractivity contribution < 1.29 is 19.4 Å². The molecule has 6 rings (SSSR count). The fourth-order valence-corrected chi connectivity index (χ4v) is 6.30. The summed E-state index contributed by atoms with van der Waals surface area (Å²) in [5.74, 6) is 0.287. The monoisotopic (exact) mass is 529 g/mol. The third-order valence-electron chi connectivity index (χ3n) is 7.62. The van der Waals surface area contributed by atoms with Gasteiger partial charge < -0.3 is 25.0 Å². The lowest BCUT2D eigenvalue weighted by Gasteiger charge is -2.42. The first-order chi connectivity index (χ1) is 17.7. The van der Waals surface area contributed by atoms with Crippen LogP contribution in [-0.2, 0) is 20.8 Å². The summed E-state index contributed by atoms with van der Waals surface area (Å²) in [6.07, 6.45) is 2.17. The lowest BCUT2D eigenvalue weighted by molar-refractivity contribution is 0.151. The Morgan fingerprint density at radius 2 is 2.03 bits per heavy atom. The quantitative estimate of drug-likeness (QED) is 0.370. The van der Waals surface area contributed by atoms with Gasteiger partial charge >= 0.3 is 6.09 Å². The summed E-state index contributed by atoms with van der Waals surface area (Å²) in [5, 5.41) is 27.3. The fourth-order valence-electron chi connectivity index (χ4n) is 5.99. The number of piperidine rings is 1. The van der Waals surface area contributed by atoms with Crippen LogP contribution in [0, 0.1) is 0 Å². The van der Waals surface area contributed by atoms with E-state index in [0.717, 1.165) is 5.39 Å². The number of fused-ring (bicyclic) bond motifs is 4. The largest absolute Gasteiger partial charge is 0.465 e. The van der Waals surface area contributed by atoms with Gasteiger partial charge in [-0.25, -0.2) is 9.18 Å². The van der Waals surface area contributed by atoms with E-state index < -0.39 is 31.1 Å². The van der Waals surface area contributed by atoms with Crippen molar-refractivity contribution in [2.45, 2.75) is 50.3 Å². The van der Waals surface area contributed by atoms with Crippen LogP contribution in [-0.4, -0.2) is 64.5 Å². The van der Waals surface area contributed by atoms with E-state index in [-0.39, 0.29) is 35.0 Å². The summed E-state index contributed by atoms with van der Waals surface area (Å²) >= 11 is 6.75. The molecule has 3 N–H and O–H groups in total. The van der Waals surface area contributed by atoms with Crippen LogP contribution in [0.25, 0.3) is 33.1 Å². The van der Waals surface area contributed by atoms with Crippen LogP contribution in [0.1, 0.15) is 19.3 Å². The Hall–Kier alpha value is -3.64. The molecular weight excluding hydrogens is 505 g/mol. The normalized spacial score (nSPS) is 23.3. The van der Waals surface area contributed by atoms with Gasteiger partial charge in [0, 0.05) is 49.0 Å². The zero-order chi connectivity index (χ0) is 26.2. The number of rotatable bonds is 4. The SMILES string of the molecule is Cn1cc2c(Cl)c(-c3cn(CO)c4nc(N5[C@@H]6CC[C@H]5[C@H](F)[C@H](NC(=O)O)C6)n(C)c(=O)c34)ccc2n1. The number of nitrogens with zero attached hydrogens (tertiary/aromatic N) is 6. The number of alkyl halides is 1. The summed E-state index contributed by atoms with van der Waals surface area (Å²) < 4.78 is 19.9. The van der Waals surface area contributed by atoms with E-state index in [2.05, 4.69) is 10.4 Å². The van der Waals surface area contributed by atoms with Crippen molar-refractivity contribution in [3.8, 4) is 11.1 Å². The number of benzene rings is 1. The van der Waals surface area contributed by atoms with Gasteiger partial charge in [0.25, 0.3) is 5.56 Å². The van der Waals surface area contributed by atoms with Gasteiger partial charge in [0.15, 0.2) is 5.65 Å². The Kier molecular flexibility index (Phi) is 5.42. The molecule has 4 atom stereocenters. The molecule has 2 aliphatic heterocycles. The summed E-state index contributed by atoms with van der Waals surface area (Å²) in [4.78, 5) is 31.5. The van der Waals surface area contributed by atoms with Crippen molar-refractivity contribution in [3.05, 3.63) is 39.9 Å². The van der Waals surface area contributed by atoms with Gasteiger partial charge in [-0.05, 0) is 25.3 Å². The molecule has 37 heavy (non-hydrogen) atoms. The topological polar surface area (TPSA) is 130 Å². The van der Waals surface area contributed by atoms with Gasteiger partial charge in [-0.15, -0.1) is 0 Å².